The Bertz CT molecular complexity index is 1250. The maximum Gasteiger partial charge on any atom is 0.573 e. The molecule has 0 bridgehead atoms. The number of hydrogen-bond donors (Lipinski definition) is 0. The third kappa shape index (κ3) is 5.65. The molecular formula is C21H17F3N4O4S. The molecule has 172 valence electrons. The summed E-state index contributed by atoms with van der Waals surface area (Å²) in [6.45, 7) is 2.08. The second-order valence-corrected chi connectivity index (χ2v) is 7.76. The van der Waals surface area contributed by atoms with Crippen molar-refractivity contribution in [1.29, 1.82) is 0 Å². The zero-order chi connectivity index (χ0) is 23.4. The molecule has 1 aromatic carbocycles. The van der Waals surface area contributed by atoms with Gasteiger partial charge in [0.2, 0.25) is 10.3 Å². The van der Waals surface area contributed by atoms with Crippen LogP contribution in [0.2, 0.25) is 0 Å². The lowest BCUT2D eigenvalue weighted by Crippen LogP contribution is -2.37. The van der Waals surface area contributed by atoms with Gasteiger partial charge in [0.25, 0.3) is 0 Å². The maximum absolute atomic E-state index is 12.5. The average Bonchev–Trinajstić information content (AvgIpc) is 2.80. The zero-order valence-electron chi connectivity index (χ0n) is 17.0. The Hall–Kier alpha value is -3.51. The van der Waals surface area contributed by atoms with Crippen LogP contribution in [0.1, 0.15) is 11.3 Å². The molecule has 1 saturated heterocycles. The van der Waals surface area contributed by atoms with Gasteiger partial charge in [-0.3, -0.25) is 4.98 Å². The summed E-state index contributed by atoms with van der Waals surface area (Å²) < 4.78 is 71.0. The van der Waals surface area contributed by atoms with Crippen molar-refractivity contribution in [3.63, 3.8) is 0 Å². The molecule has 12 heteroatoms. The van der Waals surface area contributed by atoms with Crippen LogP contribution in [0, 0.1) is 0 Å². The van der Waals surface area contributed by atoms with Gasteiger partial charge in [0.05, 0.1) is 18.9 Å². The van der Waals surface area contributed by atoms with E-state index in [0.717, 1.165) is 12.1 Å². The normalized spacial score (nSPS) is 14.1. The van der Waals surface area contributed by atoms with Gasteiger partial charge in [0.15, 0.2) is 5.82 Å². The lowest BCUT2D eigenvalue weighted by Gasteiger charge is -2.28. The Morgan fingerprint density at radius 3 is 2.36 bits per heavy atom. The van der Waals surface area contributed by atoms with Crippen LogP contribution in [-0.2, 0) is 15.0 Å². The van der Waals surface area contributed by atoms with Crippen molar-refractivity contribution in [2.24, 2.45) is 0 Å². The summed E-state index contributed by atoms with van der Waals surface area (Å²) in [5.41, 5.74) is 0.681. The lowest BCUT2D eigenvalue weighted by atomic mass is 10.1. The molecule has 4 rings (SSSR count). The largest absolute Gasteiger partial charge is 0.573 e. The van der Waals surface area contributed by atoms with Crippen LogP contribution in [0.15, 0.2) is 54.7 Å². The lowest BCUT2D eigenvalue weighted by molar-refractivity contribution is -0.274. The number of nitrogens with zero attached hydrogens (tertiary/aromatic N) is 4. The fourth-order valence-corrected chi connectivity index (χ4v) is 3.86. The SMILES string of the molecule is O=S(=O)=C(c1ccc(OC(F)(F)F)cc1)c1cc(N2CCOCC2)nc(-c2ccccn2)n1. The Morgan fingerprint density at radius 1 is 1.03 bits per heavy atom. The molecule has 33 heavy (non-hydrogen) atoms. The number of hydrogen-bond acceptors (Lipinski definition) is 8. The van der Waals surface area contributed by atoms with Crippen molar-refractivity contribution in [2.75, 3.05) is 31.2 Å². The van der Waals surface area contributed by atoms with Gasteiger partial charge in [-0.25, -0.2) is 9.97 Å². The minimum absolute atomic E-state index is 0.0879. The molecule has 0 spiro atoms. The van der Waals surface area contributed by atoms with Gasteiger partial charge in [-0.2, -0.15) is 8.42 Å². The number of alkyl halides is 3. The van der Waals surface area contributed by atoms with Gasteiger partial charge in [-0.05, 0) is 42.0 Å². The van der Waals surface area contributed by atoms with Crippen molar-refractivity contribution in [3.05, 3.63) is 66.0 Å². The summed E-state index contributed by atoms with van der Waals surface area (Å²) >= 11 is 0. The van der Waals surface area contributed by atoms with Crippen LogP contribution >= 0.6 is 0 Å². The predicted molar refractivity (Wildman–Crippen MR) is 114 cm³/mol. The van der Waals surface area contributed by atoms with E-state index in [9.17, 15) is 21.6 Å². The van der Waals surface area contributed by atoms with Crippen LogP contribution in [0.3, 0.4) is 0 Å². The number of morpholine rings is 1. The van der Waals surface area contributed by atoms with E-state index in [0.29, 0.717) is 37.8 Å². The minimum atomic E-state index is -4.85. The molecule has 8 nitrogen and oxygen atoms in total. The number of benzene rings is 1. The van der Waals surface area contributed by atoms with Crippen molar-refractivity contribution in [2.45, 2.75) is 6.36 Å². The second kappa shape index (κ2) is 9.55. The first kappa shape index (κ1) is 22.7. The zero-order valence-corrected chi connectivity index (χ0v) is 17.8. The van der Waals surface area contributed by atoms with Gasteiger partial charge in [-0.1, -0.05) is 6.07 Å². The highest BCUT2D eigenvalue weighted by Gasteiger charge is 2.31. The van der Waals surface area contributed by atoms with Crippen LogP contribution in [0.25, 0.3) is 11.5 Å². The Morgan fingerprint density at radius 2 is 1.76 bits per heavy atom. The van der Waals surface area contributed by atoms with E-state index < -0.39 is 22.4 Å². The fraction of sp³-hybridized carbons (Fsp3) is 0.238. The molecule has 0 unspecified atom stereocenters. The van der Waals surface area contributed by atoms with Crippen molar-refractivity contribution in [1.82, 2.24) is 15.0 Å². The molecule has 0 aliphatic carbocycles. The quantitative estimate of drug-likeness (QED) is 0.408. The summed E-state index contributed by atoms with van der Waals surface area (Å²) in [4.78, 5) is 14.9. The van der Waals surface area contributed by atoms with E-state index in [2.05, 4.69) is 19.7 Å². The van der Waals surface area contributed by atoms with Crippen LogP contribution in [-0.4, -0.2) is 60.9 Å². The van der Waals surface area contributed by atoms with Crippen molar-refractivity contribution >= 4 is 21.0 Å². The van der Waals surface area contributed by atoms with E-state index in [1.54, 1.807) is 24.4 Å². The highest BCUT2D eigenvalue weighted by Crippen LogP contribution is 2.25. The number of aromatic nitrogens is 3. The first-order valence-electron chi connectivity index (χ1n) is 9.76. The fourth-order valence-electron chi connectivity index (χ4n) is 3.25. The number of rotatable bonds is 5. The minimum Gasteiger partial charge on any atom is -0.406 e. The summed E-state index contributed by atoms with van der Waals surface area (Å²) in [6.07, 6.45) is -3.29. The molecule has 2 aromatic heterocycles. The molecule has 0 atom stereocenters. The van der Waals surface area contributed by atoms with Crippen molar-refractivity contribution < 1.29 is 31.1 Å². The third-order valence-electron chi connectivity index (χ3n) is 4.69. The van der Waals surface area contributed by atoms with Crippen LogP contribution < -0.4 is 9.64 Å². The van der Waals surface area contributed by atoms with E-state index in [1.807, 2.05) is 4.90 Å². The summed E-state index contributed by atoms with van der Waals surface area (Å²) in [5, 5.41) is 0. The topological polar surface area (TPSA) is 94.5 Å². The molecule has 0 amide bonds. The summed E-state index contributed by atoms with van der Waals surface area (Å²) in [7, 11) is -2.76. The van der Waals surface area contributed by atoms with Crippen molar-refractivity contribution in [3.8, 4) is 17.3 Å². The van der Waals surface area contributed by atoms with E-state index >= 15 is 0 Å². The van der Waals surface area contributed by atoms with Crippen LogP contribution in [0.5, 0.6) is 5.75 Å². The second-order valence-electron chi connectivity index (χ2n) is 6.89. The standard InChI is InChI=1S/C21H17F3N4O4S/c22-21(23,24)32-15-6-4-14(5-7-15)19(33(29)30)17-13-18(28-9-11-31-12-10-28)27-20(26-17)16-3-1-2-8-25-16/h1-8,13H,9-12H2. The van der Waals surface area contributed by atoms with E-state index in [1.165, 1.54) is 18.2 Å². The Balaban J connectivity index is 1.80. The monoisotopic (exact) mass is 478 g/mol. The predicted octanol–water partition coefficient (Wildman–Crippen LogP) is 2.72. The molecule has 0 radical (unpaired) electrons. The number of pyridine rings is 1. The Labute approximate surface area is 188 Å². The van der Waals surface area contributed by atoms with Gasteiger partial charge in [0.1, 0.15) is 22.1 Å². The molecule has 0 saturated carbocycles. The maximum atomic E-state index is 12.5. The highest BCUT2D eigenvalue weighted by atomic mass is 32.2. The number of ether oxygens (including phenoxy) is 2. The first-order chi connectivity index (χ1) is 15.8. The van der Waals surface area contributed by atoms with E-state index in [4.69, 9.17) is 4.74 Å². The summed E-state index contributed by atoms with van der Waals surface area (Å²) in [6, 6.07) is 11.2. The molecule has 1 aliphatic rings. The molecule has 3 aromatic rings. The number of anilines is 1. The number of halogens is 3. The summed E-state index contributed by atoms with van der Waals surface area (Å²) in [5.74, 6) is 0.242. The van der Waals surface area contributed by atoms with E-state index in [-0.39, 0.29) is 21.9 Å². The van der Waals surface area contributed by atoms with Gasteiger partial charge in [-0.15, -0.1) is 13.2 Å². The molecule has 1 fully saturated rings. The Kier molecular flexibility index (Phi) is 6.56. The van der Waals surface area contributed by atoms with Crippen LogP contribution in [0.4, 0.5) is 19.0 Å². The van der Waals surface area contributed by atoms with Gasteiger partial charge < -0.3 is 14.4 Å². The average molecular weight is 478 g/mol. The van der Waals surface area contributed by atoms with Gasteiger partial charge in [0, 0.05) is 25.4 Å². The molecule has 3 heterocycles. The third-order valence-corrected chi connectivity index (χ3v) is 5.47. The smallest absolute Gasteiger partial charge is 0.406 e. The van der Waals surface area contributed by atoms with Gasteiger partial charge >= 0.3 is 6.36 Å². The first-order valence-corrected chi connectivity index (χ1v) is 10.8. The highest BCUT2D eigenvalue weighted by molar-refractivity contribution is 7.73. The molecule has 1 aliphatic heterocycles. The molecular weight excluding hydrogens is 461 g/mol. The molecule has 0 N–H and O–H groups in total.